The Kier molecular flexibility index (Phi) is 5.07. The Bertz CT molecular complexity index is 548. The van der Waals surface area contributed by atoms with Crippen LogP contribution in [-0.4, -0.2) is 36.0 Å². The molecule has 6 heteroatoms. The number of nitrogens with two attached hydrogens (primary N) is 1. The SMILES string of the molecule is C[C@H]1CCCCN1C(=O)COC(=O)c1cc(Cl)ccc1N. The van der Waals surface area contributed by atoms with Crippen LogP contribution in [0, 0.1) is 0 Å². The molecule has 1 aromatic carbocycles. The van der Waals surface area contributed by atoms with Crippen molar-refractivity contribution in [2.75, 3.05) is 18.9 Å². The first kappa shape index (κ1) is 15.6. The van der Waals surface area contributed by atoms with Crippen molar-refractivity contribution in [2.24, 2.45) is 0 Å². The first-order valence-corrected chi connectivity index (χ1v) is 7.38. The number of hydrogen-bond donors (Lipinski definition) is 1. The van der Waals surface area contributed by atoms with E-state index in [1.807, 2.05) is 6.92 Å². The highest BCUT2D eigenvalue weighted by Gasteiger charge is 2.24. The van der Waals surface area contributed by atoms with Crippen molar-refractivity contribution in [1.29, 1.82) is 0 Å². The molecule has 0 radical (unpaired) electrons. The average molecular weight is 311 g/mol. The van der Waals surface area contributed by atoms with E-state index in [2.05, 4.69) is 0 Å². The number of carbonyl (C=O) groups excluding carboxylic acids is 2. The van der Waals surface area contributed by atoms with E-state index in [0.717, 1.165) is 25.8 Å². The number of piperidine rings is 1. The summed E-state index contributed by atoms with van der Waals surface area (Å²) in [4.78, 5) is 25.8. The number of nitrogens with zero attached hydrogens (tertiary/aromatic N) is 1. The molecule has 1 saturated heterocycles. The minimum absolute atomic E-state index is 0.170. The first-order chi connectivity index (χ1) is 9.99. The molecule has 0 unspecified atom stereocenters. The highest BCUT2D eigenvalue weighted by molar-refractivity contribution is 6.31. The molecule has 5 nitrogen and oxygen atoms in total. The predicted octanol–water partition coefficient (Wildman–Crippen LogP) is 2.48. The Morgan fingerprint density at radius 3 is 2.90 bits per heavy atom. The third-order valence-corrected chi connectivity index (χ3v) is 3.92. The van der Waals surface area contributed by atoms with E-state index in [0.29, 0.717) is 5.02 Å². The van der Waals surface area contributed by atoms with E-state index in [1.165, 1.54) is 12.1 Å². The number of halogens is 1. The summed E-state index contributed by atoms with van der Waals surface area (Å²) in [5, 5.41) is 0.395. The number of esters is 1. The van der Waals surface area contributed by atoms with E-state index < -0.39 is 5.97 Å². The number of anilines is 1. The van der Waals surface area contributed by atoms with Gasteiger partial charge in [0.05, 0.1) is 5.56 Å². The molecule has 2 rings (SSSR count). The summed E-state index contributed by atoms with van der Waals surface area (Å²) in [7, 11) is 0. The van der Waals surface area contributed by atoms with Gasteiger partial charge in [0.2, 0.25) is 0 Å². The number of carbonyl (C=O) groups is 2. The topological polar surface area (TPSA) is 72.6 Å². The third kappa shape index (κ3) is 3.88. The molecule has 1 fully saturated rings. The fourth-order valence-electron chi connectivity index (χ4n) is 2.46. The zero-order valence-electron chi connectivity index (χ0n) is 12.0. The maximum absolute atomic E-state index is 12.1. The molecule has 1 aliphatic rings. The van der Waals surface area contributed by atoms with Gasteiger partial charge in [-0.05, 0) is 44.4 Å². The van der Waals surface area contributed by atoms with Gasteiger partial charge in [-0.2, -0.15) is 0 Å². The van der Waals surface area contributed by atoms with Crippen LogP contribution in [0.1, 0.15) is 36.5 Å². The smallest absolute Gasteiger partial charge is 0.340 e. The lowest BCUT2D eigenvalue weighted by molar-refractivity contribution is -0.137. The Balaban J connectivity index is 1.94. The minimum atomic E-state index is -0.631. The Morgan fingerprint density at radius 2 is 2.19 bits per heavy atom. The van der Waals surface area contributed by atoms with Gasteiger partial charge in [0.1, 0.15) is 0 Å². The van der Waals surface area contributed by atoms with Crippen molar-refractivity contribution >= 4 is 29.2 Å². The normalized spacial score (nSPS) is 18.4. The quantitative estimate of drug-likeness (QED) is 0.687. The highest BCUT2D eigenvalue weighted by Crippen LogP contribution is 2.19. The van der Waals surface area contributed by atoms with Crippen LogP contribution >= 0.6 is 11.6 Å². The molecule has 1 amide bonds. The fraction of sp³-hybridized carbons (Fsp3) is 0.467. The second kappa shape index (κ2) is 6.80. The molecular formula is C15H19ClN2O3. The maximum Gasteiger partial charge on any atom is 0.340 e. The van der Waals surface area contributed by atoms with Gasteiger partial charge in [-0.15, -0.1) is 0 Å². The molecule has 1 heterocycles. The monoisotopic (exact) mass is 310 g/mol. The van der Waals surface area contributed by atoms with Crippen LogP contribution in [-0.2, 0) is 9.53 Å². The van der Waals surface area contributed by atoms with Crippen molar-refractivity contribution in [3.8, 4) is 0 Å². The van der Waals surface area contributed by atoms with Gasteiger partial charge in [-0.1, -0.05) is 11.6 Å². The second-order valence-electron chi connectivity index (χ2n) is 5.24. The van der Waals surface area contributed by atoms with Gasteiger partial charge >= 0.3 is 5.97 Å². The molecule has 114 valence electrons. The van der Waals surface area contributed by atoms with Crippen LogP contribution in [0.4, 0.5) is 5.69 Å². The standard InChI is InChI=1S/C15H19ClN2O3/c1-10-4-2-3-7-18(10)14(19)9-21-15(20)12-8-11(16)5-6-13(12)17/h5-6,8,10H,2-4,7,9,17H2,1H3/t10-/m0/s1. The van der Waals surface area contributed by atoms with Crippen molar-refractivity contribution in [2.45, 2.75) is 32.2 Å². The minimum Gasteiger partial charge on any atom is -0.452 e. The fourth-order valence-corrected chi connectivity index (χ4v) is 2.63. The lowest BCUT2D eigenvalue weighted by atomic mass is 10.0. The lowest BCUT2D eigenvalue weighted by Crippen LogP contribution is -2.44. The summed E-state index contributed by atoms with van der Waals surface area (Å²) in [6.07, 6.45) is 3.11. The van der Waals surface area contributed by atoms with Crippen molar-refractivity contribution in [1.82, 2.24) is 4.90 Å². The zero-order chi connectivity index (χ0) is 15.4. The summed E-state index contributed by atoms with van der Waals surface area (Å²) in [6.45, 7) is 2.46. The van der Waals surface area contributed by atoms with Gasteiger partial charge in [-0.25, -0.2) is 4.79 Å². The molecule has 21 heavy (non-hydrogen) atoms. The summed E-state index contributed by atoms with van der Waals surface area (Å²) < 4.78 is 5.06. The predicted molar refractivity (Wildman–Crippen MR) is 81.2 cm³/mol. The number of benzene rings is 1. The summed E-state index contributed by atoms with van der Waals surface area (Å²) >= 11 is 5.83. The molecule has 1 aliphatic heterocycles. The summed E-state index contributed by atoms with van der Waals surface area (Å²) in [6, 6.07) is 4.76. The van der Waals surface area contributed by atoms with Crippen LogP contribution in [0.3, 0.4) is 0 Å². The largest absolute Gasteiger partial charge is 0.452 e. The average Bonchev–Trinajstić information content (AvgIpc) is 2.47. The van der Waals surface area contributed by atoms with Crippen LogP contribution in [0.2, 0.25) is 5.02 Å². The van der Waals surface area contributed by atoms with Gasteiger partial charge in [0.15, 0.2) is 6.61 Å². The maximum atomic E-state index is 12.1. The number of hydrogen-bond acceptors (Lipinski definition) is 4. The number of ether oxygens (including phenoxy) is 1. The van der Waals surface area contributed by atoms with Crippen LogP contribution in [0.5, 0.6) is 0 Å². The number of likely N-dealkylation sites (tertiary alicyclic amines) is 1. The Labute approximate surface area is 129 Å². The number of rotatable bonds is 3. The van der Waals surface area contributed by atoms with Gasteiger partial charge in [0, 0.05) is 23.3 Å². The van der Waals surface area contributed by atoms with Crippen molar-refractivity contribution < 1.29 is 14.3 Å². The molecule has 0 bridgehead atoms. The van der Waals surface area contributed by atoms with E-state index >= 15 is 0 Å². The van der Waals surface area contributed by atoms with Crippen molar-refractivity contribution in [3.63, 3.8) is 0 Å². The summed E-state index contributed by atoms with van der Waals surface area (Å²) in [5.74, 6) is -0.802. The lowest BCUT2D eigenvalue weighted by Gasteiger charge is -2.33. The summed E-state index contributed by atoms with van der Waals surface area (Å²) in [5.41, 5.74) is 6.17. The van der Waals surface area contributed by atoms with Crippen LogP contribution < -0.4 is 5.73 Å². The molecule has 1 aromatic rings. The van der Waals surface area contributed by atoms with E-state index in [9.17, 15) is 9.59 Å². The van der Waals surface area contributed by atoms with E-state index in [4.69, 9.17) is 22.1 Å². The highest BCUT2D eigenvalue weighted by atomic mass is 35.5. The zero-order valence-corrected chi connectivity index (χ0v) is 12.7. The Hall–Kier alpha value is -1.75. The first-order valence-electron chi connectivity index (χ1n) is 7.00. The van der Waals surface area contributed by atoms with Gasteiger partial charge < -0.3 is 15.4 Å². The van der Waals surface area contributed by atoms with E-state index in [-0.39, 0.29) is 29.8 Å². The number of amides is 1. The van der Waals surface area contributed by atoms with E-state index in [1.54, 1.807) is 11.0 Å². The van der Waals surface area contributed by atoms with Crippen LogP contribution in [0.15, 0.2) is 18.2 Å². The van der Waals surface area contributed by atoms with Crippen molar-refractivity contribution in [3.05, 3.63) is 28.8 Å². The van der Waals surface area contributed by atoms with Crippen LogP contribution in [0.25, 0.3) is 0 Å². The molecule has 2 N–H and O–H groups in total. The van der Waals surface area contributed by atoms with Gasteiger partial charge in [0.25, 0.3) is 5.91 Å². The number of nitrogen functional groups attached to an aromatic ring is 1. The molecule has 0 aliphatic carbocycles. The molecule has 1 atom stereocenters. The molecule has 0 spiro atoms. The Morgan fingerprint density at radius 1 is 1.43 bits per heavy atom. The molecular weight excluding hydrogens is 292 g/mol. The second-order valence-corrected chi connectivity index (χ2v) is 5.68. The molecule has 0 saturated carbocycles. The molecule has 0 aromatic heterocycles. The third-order valence-electron chi connectivity index (χ3n) is 3.69. The van der Waals surface area contributed by atoms with Gasteiger partial charge in [-0.3, -0.25) is 4.79 Å².